The van der Waals surface area contributed by atoms with Crippen molar-refractivity contribution in [3.8, 4) is 44.5 Å². The van der Waals surface area contributed by atoms with Gasteiger partial charge in [-0.25, -0.2) is 0 Å². The Kier molecular flexibility index (Phi) is 8.53. The number of nitrogens with zero attached hydrogens (tertiary/aromatic N) is 1. The van der Waals surface area contributed by atoms with Gasteiger partial charge in [-0.3, -0.25) is 0 Å². The molecule has 11 aromatic carbocycles. The molecule has 0 amide bonds. The maximum absolute atomic E-state index is 6.10. The minimum atomic E-state index is 0.912. The molecule has 62 heavy (non-hydrogen) atoms. The van der Waals surface area contributed by atoms with Crippen molar-refractivity contribution in [2.24, 2.45) is 0 Å². The Labute approximate surface area is 360 Å². The van der Waals surface area contributed by atoms with Crippen molar-refractivity contribution in [1.82, 2.24) is 0 Å². The number of para-hydroxylation sites is 1. The Morgan fingerprint density at radius 1 is 0.274 bits per heavy atom. The largest absolute Gasteiger partial charge is 0.456 e. The summed E-state index contributed by atoms with van der Waals surface area (Å²) in [5.74, 6) is 0. The molecule has 0 aliphatic rings. The fraction of sp³-hybridized carbons (Fsp3) is 0. The van der Waals surface area contributed by atoms with Crippen molar-refractivity contribution in [2.45, 2.75) is 0 Å². The van der Waals surface area contributed by atoms with Gasteiger partial charge in [0.1, 0.15) is 11.2 Å². The topological polar surface area (TPSA) is 16.4 Å². The quantitative estimate of drug-likeness (QED) is 0.150. The monoisotopic (exact) mass is 789 g/mol. The first-order valence-electron chi connectivity index (χ1n) is 21.2. The highest BCUT2D eigenvalue weighted by Gasteiger charge is 2.19. The molecule has 0 unspecified atom stereocenters. The molecule has 12 aromatic rings. The van der Waals surface area contributed by atoms with Crippen LogP contribution < -0.4 is 4.90 Å². The molecule has 0 bridgehead atoms. The molecule has 0 atom stereocenters. The molecule has 1 heterocycles. The number of furan rings is 1. The molecule has 0 spiro atoms. The van der Waals surface area contributed by atoms with E-state index in [-0.39, 0.29) is 0 Å². The zero-order valence-corrected chi connectivity index (χ0v) is 33.9. The molecule has 0 aliphatic carbocycles. The summed E-state index contributed by atoms with van der Waals surface area (Å²) in [5, 5.41) is 9.68. The van der Waals surface area contributed by atoms with E-state index in [0.717, 1.165) is 39.0 Å². The number of anilines is 3. The molecule has 290 valence electrons. The van der Waals surface area contributed by atoms with Crippen LogP contribution in [0.15, 0.2) is 241 Å². The second kappa shape index (κ2) is 14.8. The zero-order chi connectivity index (χ0) is 41.0. The van der Waals surface area contributed by atoms with Gasteiger partial charge in [-0.2, -0.15) is 0 Å². The van der Waals surface area contributed by atoms with Crippen LogP contribution in [-0.4, -0.2) is 0 Å². The molecular weight excluding hydrogens is 751 g/mol. The highest BCUT2D eigenvalue weighted by molar-refractivity contribution is 6.15. The maximum atomic E-state index is 6.10. The molecule has 2 nitrogen and oxygen atoms in total. The van der Waals surface area contributed by atoms with Crippen LogP contribution in [0.2, 0.25) is 0 Å². The van der Waals surface area contributed by atoms with E-state index >= 15 is 0 Å². The summed E-state index contributed by atoms with van der Waals surface area (Å²) in [4.78, 5) is 2.42. The average molecular weight is 790 g/mol. The first-order chi connectivity index (χ1) is 30.7. The molecule has 0 aliphatic heterocycles. The highest BCUT2D eigenvalue weighted by atomic mass is 16.3. The van der Waals surface area contributed by atoms with Gasteiger partial charge in [-0.15, -0.1) is 0 Å². The van der Waals surface area contributed by atoms with Crippen molar-refractivity contribution in [3.63, 3.8) is 0 Å². The van der Waals surface area contributed by atoms with Gasteiger partial charge in [0.2, 0.25) is 0 Å². The molecule has 12 rings (SSSR count). The first kappa shape index (κ1) is 35.7. The SMILES string of the molecule is c1ccc(-c2c(-c3ccc(N(c4ccc(-c5ccc(-c6ccc7oc8ccccc8c7c6)cc5)cc4)c4cc5ccccc5c5ccccc45)cc3)ccc3ccccc23)cc1. The normalized spacial score (nSPS) is 11.5. The van der Waals surface area contributed by atoms with Crippen LogP contribution in [0.5, 0.6) is 0 Å². The summed E-state index contributed by atoms with van der Waals surface area (Å²) in [5.41, 5.74) is 14.7. The molecule has 0 radical (unpaired) electrons. The predicted molar refractivity (Wildman–Crippen MR) is 263 cm³/mol. The number of benzene rings is 11. The molecule has 0 fully saturated rings. The van der Waals surface area contributed by atoms with Crippen LogP contribution >= 0.6 is 0 Å². The van der Waals surface area contributed by atoms with E-state index in [1.165, 1.54) is 76.8 Å². The minimum Gasteiger partial charge on any atom is -0.456 e. The Morgan fingerprint density at radius 2 is 0.790 bits per heavy atom. The van der Waals surface area contributed by atoms with Gasteiger partial charge in [0.25, 0.3) is 0 Å². The van der Waals surface area contributed by atoms with Crippen molar-refractivity contribution in [2.75, 3.05) is 4.90 Å². The Morgan fingerprint density at radius 3 is 1.52 bits per heavy atom. The maximum Gasteiger partial charge on any atom is 0.135 e. The lowest BCUT2D eigenvalue weighted by molar-refractivity contribution is 0.669. The zero-order valence-electron chi connectivity index (χ0n) is 33.9. The summed E-state index contributed by atoms with van der Waals surface area (Å²) in [7, 11) is 0. The van der Waals surface area contributed by atoms with Gasteiger partial charge in [0, 0.05) is 27.5 Å². The number of fused-ring (bicyclic) bond motifs is 7. The fourth-order valence-corrected chi connectivity index (χ4v) is 9.43. The minimum absolute atomic E-state index is 0.912. The third-order valence-electron chi connectivity index (χ3n) is 12.5. The van der Waals surface area contributed by atoms with E-state index in [4.69, 9.17) is 4.42 Å². The summed E-state index contributed by atoms with van der Waals surface area (Å²) in [6.07, 6.45) is 0. The molecule has 0 N–H and O–H groups in total. The van der Waals surface area contributed by atoms with Gasteiger partial charge >= 0.3 is 0 Å². The molecule has 0 saturated heterocycles. The summed E-state index contributed by atoms with van der Waals surface area (Å²) in [6.45, 7) is 0. The van der Waals surface area contributed by atoms with Gasteiger partial charge < -0.3 is 9.32 Å². The lowest BCUT2D eigenvalue weighted by Gasteiger charge is -2.28. The van der Waals surface area contributed by atoms with Crippen LogP contribution in [0.4, 0.5) is 17.1 Å². The molecule has 2 heteroatoms. The van der Waals surface area contributed by atoms with E-state index in [1.54, 1.807) is 0 Å². The van der Waals surface area contributed by atoms with Gasteiger partial charge in [-0.05, 0) is 120 Å². The highest BCUT2D eigenvalue weighted by Crippen LogP contribution is 2.44. The molecule has 1 aromatic heterocycles. The van der Waals surface area contributed by atoms with Gasteiger partial charge in [-0.1, -0.05) is 188 Å². The van der Waals surface area contributed by atoms with Gasteiger partial charge in [0.05, 0.1) is 5.69 Å². The standard InChI is InChI=1S/C60H39NO/c1-2-13-45(14-3-1)60-51-17-7-4-12-43(51)30-36-52(60)44-28-34-49(35-29-44)61(57-39-47-15-5-6-16-50(47)53-18-8-9-19-54(53)57)48-32-26-41(27-33-48)40-22-24-42(25-23-40)46-31-37-59-56(38-46)55-20-10-11-21-58(55)62-59/h1-39H. The lowest BCUT2D eigenvalue weighted by Crippen LogP contribution is -2.10. The summed E-state index contributed by atoms with van der Waals surface area (Å²) in [6, 6.07) is 85.6. The van der Waals surface area contributed by atoms with E-state index in [2.05, 4.69) is 229 Å². The van der Waals surface area contributed by atoms with Crippen LogP contribution in [0.1, 0.15) is 0 Å². The van der Waals surface area contributed by atoms with E-state index in [1.807, 2.05) is 12.1 Å². The lowest BCUT2D eigenvalue weighted by atomic mass is 9.89. The van der Waals surface area contributed by atoms with E-state index in [9.17, 15) is 0 Å². The predicted octanol–water partition coefficient (Wildman–Crippen LogP) is 17.2. The second-order valence-corrected chi connectivity index (χ2v) is 16.1. The average Bonchev–Trinajstić information content (AvgIpc) is 3.73. The van der Waals surface area contributed by atoms with Crippen molar-refractivity contribution >= 4 is 71.3 Å². The first-order valence-corrected chi connectivity index (χ1v) is 21.2. The smallest absolute Gasteiger partial charge is 0.135 e. The summed E-state index contributed by atoms with van der Waals surface area (Å²) >= 11 is 0. The van der Waals surface area contributed by atoms with E-state index in [0.29, 0.717) is 0 Å². The Hall–Kier alpha value is -8.20. The van der Waals surface area contributed by atoms with Crippen molar-refractivity contribution < 1.29 is 4.42 Å². The number of rotatable bonds is 7. The van der Waals surface area contributed by atoms with Crippen LogP contribution in [0.25, 0.3) is 98.8 Å². The number of hydrogen-bond donors (Lipinski definition) is 0. The molecular formula is C60H39NO. The summed E-state index contributed by atoms with van der Waals surface area (Å²) < 4.78 is 6.10. The van der Waals surface area contributed by atoms with Crippen molar-refractivity contribution in [1.29, 1.82) is 0 Å². The van der Waals surface area contributed by atoms with Crippen LogP contribution in [0, 0.1) is 0 Å². The van der Waals surface area contributed by atoms with Gasteiger partial charge in [0.15, 0.2) is 0 Å². The van der Waals surface area contributed by atoms with E-state index < -0.39 is 0 Å². The Balaban J connectivity index is 0.943. The third-order valence-corrected chi connectivity index (χ3v) is 12.5. The Bertz CT molecular complexity index is 3600. The third kappa shape index (κ3) is 6.12. The second-order valence-electron chi connectivity index (χ2n) is 16.1. The van der Waals surface area contributed by atoms with Crippen LogP contribution in [-0.2, 0) is 0 Å². The van der Waals surface area contributed by atoms with Crippen molar-refractivity contribution in [3.05, 3.63) is 237 Å². The number of hydrogen-bond acceptors (Lipinski definition) is 2. The van der Waals surface area contributed by atoms with Crippen LogP contribution in [0.3, 0.4) is 0 Å². The molecule has 0 saturated carbocycles. The fourth-order valence-electron chi connectivity index (χ4n) is 9.43.